The molecule has 0 aromatic heterocycles. The third-order valence-electron chi connectivity index (χ3n) is 7.62. The molecule has 0 spiro atoms. The summed E-state index contributed by atoms with van der Waals surface area (Å²) in [6.45, 7) is 0.726. The Morgan fingerprint density at radius 3 is 2.43 bits per heavy atom. The monoisotopic (exact) mass is 406 g/mol. The van der Waals surface area contributed by atoms with E-state index in [0.717, 1.165) is 38.0 Å². The van der Waals surface area contributed by atoms with E-state index in [2.05, 4.69) is 17.4 Å². The van der Waals surface area contributed by atoms with Crippen LogP contribution in [-0.2, 0) is 10.2 Å². The van der Waals surface area contributed by atoms with Crippen LogP contribution in [0.4, 0.5) is 0 Å². The number of halogens is 1. The molecule has 3 fully saturated rings. The molecule has 4 rings (SSSR count). The first-order valence-corrected chi connectivity index (χ1v) is 10.8. The Labute approximate surface area is 175 Å². The number of methoxy groups -OCH3 is 1. The third-order valence-corrected chi connectivity index (χ3v) is 7.62. The maximum atomic E-state index is 13.0. The third kappa shape index (κ3) is 4.04. The summed E-state index contributed by atoms with van der Waals surface area (Å²) in [6.07, 6.45) is 10.3. The van der Waals surface area contributed by atoms with Gasteiger partial charge in [-0.15, -0.1) is 12.4 Å². The second kappa shape index (κ2) is 9.04. The number of fused-ring (bicyclic) bond motifs is 2. The van der Waals surface area contributed by atoms with Crippen LogP contribution in [0.2, 0.25) is 0 Å². The smallest absolute Gasteiger partial charge is 0.223 e. The summed E-state index contributed by atoms with van der Waals surface area (Å²) in [5.41, 5.74) is 7.68. The number of hydrogen-bond donors (Lipinski definition) is 2. The molecule has 156 valence electrons. The minimum absolute atomic E-state index is 0. The average Bonchev–Trinajstić information content (AvgIpc) is 3.16. The van der Waals surface area contributed by atoms with Crippen molar-refractivity contribution in [1.82, 2.24) is 5.32 Å². The number of para-hydroxylation sites is 1. The summed E-state index contributed by atoms with van der Waals surface area (Å²) < 4.78 is 5.64. The SMILES string of the molecule is COc1ccccc1C1(CNC(=O)C2CC3CCCC(C2)C3N)CCCC1.Cl. The lowest BCUT2D eigenvalue weighted by Gasteiger charge is -2.43. The van der Waals surface area contributed by atoms with Gasteiger partial charge in [0.05, 0.1) is 7.11 Å². The zero-order chi connectivity index (χ0) is 18.9. The van der Waals surface area contributed by atoms with E-state index in [1.54, 1.807) is 7.11 Å². The molecule has 3 aliphatic carbocycles. The number of ether oxygens (including phenoxy) is 1. The van der Waals surface area contributed by atoms with Crippen molar-refractivity contribution >= 4 is 18.3 Å². The Kier molecular flexibility index (Phi) is 6.93. The van der Waals surface area contributed by atoms with Crippen LogP contribution in [0.1, 0.15) is 63.4 Å². The van der Waals surface area contributed by atoms with Gasteiger partial charge in [0.2, 0.25) is 5.91 Å². The molecule has 3 aliphatic rings. The summed E-state index contributed by atoms with van der Waals surface area (Å²) in [5.74, 6) is 2.44. The van der Waals surface area contributed by atoms with Crippen molar-refractivity contribution in [1.29, 1.82) is 0 Å². The fourth-order valence-electron chi connectivity index (χ4n) is 6.08. The van der Waals surface area contributed by atoms with Gasteiger partial charge in [0.15, 0.2) is 0 Å². The lowest BCUT2D eigenvalue weighted by molar-refractivity contribution is -0.128. The summed E-state index contributed by atoms with van der Waals surface area (Å²) in [7, 11) is 1.74. The number of carbonyl (C=O) groups excluding carboxylic acids is 1. The van der Waals surface area contributed by atoms with Crippen molar-refractivity contribution in [2.45, 2.75) is 69.2 Å². The van der Waals surface area contributed by atoms with E-state index in [0.29, 0.717) is 17.9 Å². The van der Waals surface area contributed by atoms with Crippen LogP contribution in [0, 0.1) is 17.8 Å². The molecule has 3 saturated carbocycles. The summed E-state index contributed by atoms with van der Waals surface area (Å²) in [5, 5.41) is 3.35. The molecule has 5 heteroatoms. The van der Waals surface area contributed by atoms with Crippen LogP contribution in [0.15, 0.2) is 24.3 Å². The van der Waals surface area contributed by atoms with Crippen molar-refractivity contribution < 1.29 is 9.53 Å². The summed E-state index contributed by atoms with van der Waals surface area (Å²) >= 11 is 0. The van der Waals surface area contributed by atoms with E-state index in [1.807, 2.05) is 12.1 Å². The molecule has 2 atom stereocenters. The second-order valence-corrected chi connectivity index (χ2v) is 9.10. The maximum absolute atomic E-state index is 13.0. The number of amides is 1. The lowest BCUT2D eigenvalue weighted by atomic mass is 9.65. The second-order valence-electron chi connectivity index (χ2n) is 9.10. The van der Waals surface area contributed by atoms with Crippen LogP contribution in [0.3, 0.4) is 0 Å². The number of carbonyl (C=O) groups is 1. The van der Waals surface area contributed by atoms with Gasteiger partial charge in [-0.25, -0.2) is 0 Å². The molecule has 1 amide bonds. The van der Waals surface area contributed by atoms with Crippen LogP contribution in [0.25, 0.3) is 0 Å². The standard InChI is InChI=1S/C23H34N2O2.ClH/c1-27-20-10-3-2-9-19(20)23(11-4-5-12-23)15-25-22(26)18-13-16-7-6-8-17(14-18)21(16)24;/h2-3,9-10,16-18,21H,4-8,11-15,24H2,1H3,(H,25,26);1H. The number of hydrogen-bond acceptors (Lipinski definition) is 3. The Hall–Kier alpha value is -1.26. The zero-order valence-corrected chi connectivity index (χ0v) is 17.8. The maximum Gasteiger partial charge on any atom is 0.223 e. The van der Waals surface area contributed by atoms with Gasteiger partial charge in [-0.2, -0.15) is 0 Å². The lowest BCUT2D eigenvalue weighted by Crippen LogP contribution is -2.50. The Morgan fingerprint density at radius 2 is 1.79 bits per heavy atom. The molecule has 0 aliphatic heterocycles. The molecule has 1 aromatic rings. The van der Waals surface area contributed by atoms with Gasteiger partial charge in [0.25, 0.3) is 0 Å². The van der Waals surface area contributed by atoms with E-state index in [1.165, 1.54) is 37.7 Å². The first kappa shape index (κ1) is 21.4. The minimum atomic E-state index is 0. The molecule has 3 N–H and O–H groups in total. The molecule has 1 aromatic carbocycles. The molecule has 4 nitrogen and oxygen atoms in total. The normalized spacial score (nSPS) is 30.9. The Morgan fingerprint density at radius 1 is 1.14 bits per heavy atom. The predicted octanol–water partition coefficient (Wildman–Crippen LogP) is 4.20. The summed E-state index contributed by atoms with van der Waals surface area (Å²) in [4.78, 5) is 13.0. The molecular weight excluding hydrogens is 372 g/mol. The molecule has 0 heterocycles. The predicted molar refractivity (Wildman–Crippen MR) is 115 cm³/mol. The van der Waals surface area contributed by atoms with Gasteiger partial charge in [0, 0.05) is 29.5 Å². The van der Waals surface area contributed by atoms with E-state index >= 15 is 0 Å². The van der Waals surface area contributed by atoms with Crippen molar-refractivity contribution in [3.05, 3.63) is 29.8 Å². The fraction of sp³-hybridized carbons (Fsp3) is 0.696. The van der Waals surface area contributed by atoms with Crippen molar-refractivity contribution in [3.8, 4) is 5.75 Å². The summed E-state index contributed by atoms with van der Waals surface area (Å²) in [6, 6.07) is 8.65. The largest absolute Gasteiger partial charge is 0.496 e. The molecule has 0 saturated heterocycles. The zero-order valence-electron chi connectivity index (χ0n) is 17.0. The highest BCUT2D eigenvalue weighted by atomic mass is 35.5. The van der Waals surface area contributed by atoms with Crippen molar-refractivity contribution in [3.63, 3.8) is 0 Å². The van der Waals surface area contributed by atoms with E-state index in [9.17, 15) is 4.79 Å². The average molecular weight is 407 g/mol. The molecule has 2 unspecified atom stereocenters. The fourth-order valence-corrected chi connectivity index (χ4v) is 6.08. The van der Waals surface area contributed by atoms with Crippen molar-refractivity contribution in [2.75, 3.05) is 13.7 Å². The van der Waals surface area contributed by atoms with Gasteiger partial charge in [-0.1, -0.05) is 37.5 Å². The topological polar surface area (TPSA) is 64.3 Å². The number of nitrogens with one attached hydrogen (secondary N) is 1. The highest BCUT2D eigenvalue weighted by molar-refractivity contribution is 5.85. The molecular formula is C23H35ClN2O2. The van der Waals surface area contributed by atoms with Crippen LogP contribution >= 0.6 is 12.4 Å². The van der Waals surface area contributed by atoms with Gasteiger partial charge in [0.1, 0.15) is 5.75 Å². The quantitative estimate of drug-likeness (QED) is 0.770. The highest BCUT2D eigenvalue weighted by Crippen LogP contribution is 2.45. The molecule has 0 radical (unpaired) electrons. The van der Waals surface area contributed by atoms with E-state index in [4.69, 9.17) is 10.5 Å². The minimum Gasteiger partial charge on any atom is -0.496 e. The van der Waals surface area contributed by atoms with Gasteiger partial charge in [-0.05, 0) is 56.4 Å². The molecule has 2 bridgehead atoms. The number of benzene rings is 1. The van der Waals surface area contributed by atoms with Crippen molar-refractivity contribution in [2.24, 2.45) is 23.5 Å². The Balaban J connectivity index is 0.00000225. The van der Waals surface area contributed by atoms with E-state index < -0.39 is 0 Å². The van der Waals surface area contributed by atoms with Gasteiger partial charge >= 0.3 is 0 Å². The first-order valence-electron chi connectivity index (χ1n) is 10.8. The van der Waals surface area contributed by atoms with Gasteiger partial charge in [-0.3, -0.25) is 4.79 Å². The van der Waals surface area contributed by atoms with Crippen LogP contribution < -0.4 is 15.8 Å². The van der Waals surface area contributed by atoms with Crippen LogP contribution in [0.5, 0.6) is 5.75 Å². The van der Waals surface area contributed by atoms with Crippen LogP contribution in [-0.4, -0.2) is 25.6 Å². The van der Waals surface area contributed by atoms with Gasteiger partial charge < -0.3 is 15.8 Å². The highest BCUT2D eigenvalue weighted by Gasteiger charge is 2.42. The van der Waals surface area contributed by atoms with E-state index in [-0.39, 0.29) is 29.6 Å². The molecule has 28 heavy (non-hydrogen) atoms. The number of rotatable bonds is 5. The number of nitrogens with two attached hydrogens (primary N) is 1. The first-order chi connectivity index (χ1) is 13.1. The Bertz CT molecular complexity index is 660.